The Hall–Kier alpha value is -1.74. The minimum Gasteiger partial charge on any atom is -0.496 e. The molecule has 1 saturated heterocycles. The number of piperidine rings is 1. The lowest BCUT2D eigenvalue weighted by atomic mass is 9.98. The third-order valence-corrected chi connectivity index (χ3v) is 8.37. The molecule has 0 radical (unpaired) electrons. The summed E-state index contributed by atoms with van der Waals surface area (Å²) in [6.45, 7) is 3.78. The van der Waals surface area contributed by atoms with Gasteiger partial charge >= 0.3 is 0 Å². The molecular weight excluding hydrogens is 468 g/mol. The Morgan fingerprint density at radius 3 is 2.62 bits per heavy atom. The Labute approximate surface area is 199 Å². The fourth-order valence-electron chi connectivity index (χ4n) is 3.53. The van der Waals surface area contributed by atoms with Crippen molar-refractivity contribution >= 4 is 39.3 Å². The van der Waals surface area contributed by atoms with E-state index in [1.165, 1.54) is 19.2 Å². The van der Waals surface area contributed by atoms with Gasteiger partial charge in [-0.25, -0.2) is 13.1 Å². The van der Waals surface area contributed by atoms with Crippen molar-refractivity contribution in [3.8, 4) is 5.75 Å². The molecule has 1 heterocycles. The second-order valence-corrected chi connectivity index (χ2v) is 11.2. The van der Waals surface area contributed by atoms with Gasteiger partial charge in [0.1, 0.15) is 5.75 Å². The third-order valence-electron chi connectivity index (χ3n) is 5.54. The molecule has 0 bridgehead atoms. The van der Waals surface area contributed by atoms with E-state index in [0.717, 1.165) is 18.4 Å². The number of hydrogen-bond donors (Lipinski definition) is 1. The number of carbonyl (C=O) groups is 1. The van der Waals surface area contributed by atoms with Gasteiger partial charge < -0.3 is 9.64 Å². The first-order valence-electron chi connectivity index (χ1n) is 10.6. The van der Waals surface area contributed by atoms with Gasteiger partial charge in [-0.1, -0.05) is 36.7 Å². The van der Waals surface area contributed by atoms with Crippen LogP contribution in [-0.2, 0) is 15.8 Å². The summed E-state index contributed by atoms with van der Waals surface area (Å²) >= 11 is 7.75. The van der Waals surface area contributed by atoms with Crippen molar-refractivity contribution in [2.75, 3.05) is 32.5 Å². The number of methoxy groups -OCH3 is 1. The van der Waals surface area contributed by atoms with Crippen LogP contribution >= 0.6 is 23.4 Å². The van der Waals surface area contributed by atoms with Crippen LogP contribution in [0.25, 0.3) is 0 Å². The normalized spacial score (nSPS) is 15.0. The number of nitrogens with one attached hydrogen (secondary N) is 1. The number of sulfonamides is 1. The highest BCUT2D eigenvalue weighted by Gasteiger charge is 2.26. The van der Waals surface area contributed by atoms with Gasteiger partial charge in [-0.15, -0.1) is 0 Å². The fraction of sp³-hybridized carbons (Fsp3) is 0.435. The van der Waals surface area contributed by atoms with Crippen LogP contribution in [0.5, 0.6) is 5.75 Å². The number of likely N-dealkylation sites (tertiary alicyclic amines) is 1. The number of benzene rings is 2. The van der Waals surface area contributed by atoms with E-state index in [1.54, 1.807) is 22.7 Å². The van der Waals surface area contributed by atoms with E-state index in [9.17, 15) is 13.2 Å². The molecule has 9 heteroatoms. The standard InChI is InChI=1S/C23H29ClN2O4S2/c1-17-9-12-26(13-10-17)23(27)20-15-19(7-8-22(20)30-2)32(28,29)25-11-14-31-16-18-5-3-4-6-21(18)24/h3-8,15,17,25H,9-14,16H2,1-2H3. The number of amides is 1. The highest BCUT2D eigenvalue weighted by atomic mass is 35.5. The lowest BCUT2D eigenvalue weighted by molar-refractivity contribution is 0.0693. The van der Waals surface area contributed by atoms with Crippen LogP contribution in [0.2, 0.25) is 5.02 Å². The molecule has 0 atom stereocenters. The average Bonchev–Trinajstić information content (AvgIpc) is 2.79. The van der Waals surface area contributed by atoms with E-state index in [2.05, 4.69) is 11.6 Å². The van der Waals surface area contributed by atoms with Crippen LogP contribution in [0, 0.1) is 5.92 Å². The molecule has 0 aromatic heterocycles. The number of ether oxygens (including phenoxy) is 1. The zero-order valence-corrected chi connectivity index (χ0v) is 20.7. The van der Waals surface area contributed by atoms with Crippen molar-refractivity contribution in [1.29, 1.82) is 0 Å². The summed E-state index contributed by atoms with van der Waals surface area (Å²) in [6.07, 6.45) is 1.89. The van der Waals surface area contributed by atoms with Crippen molar-refractivity contribution in [2.45, 2.75) is 30.4 Å². The largest absolute Gasteiger partial charge is 0.496 e. The van der Waals surface area contributed by atoms with Crippen LogP contribution in [0.15, 0.2) is 47.4 Å². The monoisotopic (exact) mass is 496 g/mol. The van der Waals surface area contributed by atoms with E-state index in [0.29, 0.717) is 41.3 Å². The van der Waals surface area contributed by atoms with Gasteiger partial charge in [0, 0.05) is 36.2 Å². The Morgan fingerprint density at radius 1 is 1.22 bits per heavy atom. The maximum Gasteiger partial charge on any atom is 0.257 e. The molecule has 2 aromatic rings. The van der Waals surface area contributed by atoms with Gasteiger partial charge in [-0.3, -0.25) is 4.79 Å². The van der Waals surface area contributed by atoms with E-state index in [-0.39, 0.29) is 22.9 Å². The number of nitrogens with zero attached hydrogens (tertiary/aromatic N) is 1. The summed E-state index contributed by atoms with van der Waals surface area (Å²) in [4.78, 5) is 14.9. The van der Waals surface area contributed by atoms with Crippen molar-refractivity contribution in [3.05, 3.63) is 58.6 Å². The number of hydrogen-bond acceptors (Lipinski definition) is 5. The fourth-order valence-corrected chi connectivity index (χ4v) is 5.86. The average molecular weight is 497 g/mol. The zero-order chi connectivity index (χ0) is 23.1. The van der Waals surface area contributed by atoms with Crippen LogP contribution in [-0.4, -0.2) is 51.7 Å². The molecule has 0 saturated carbocycles. The van der Waals surface area contributed by atoms with Crippen LogP contribution in [0.1, 0.15) is 35.7 Å². The summed E-state index contributed by atoms with van der Waals surface area (Å²) < 4.78 is 33.6. The van der Waals surface area contributed by atoms with Crippen LogP contribution < -0.4 is 9.46 Å². The molecule has 6 nitrogen and oxygen atoms in total. The molecule has 1 fully saturated rings. The van der Waals surface area contributed by atoms with Gasteiger partial charge in [0.15, 0.2) is 0 Å². The minimum atomic E-state index is -3.75. The van der Waals surface area contributed by atoms with E-state index < -0.39 is 10.0 Å². The summed E-state index contributed by atoms with van der Waals surface area (Å²) in [5.74, 6) is 2.08. The molecule has 32 heavy (non-hydrogen) atoms. The lowest BCUT2D eigenvalue weighted by Gasteiger charge is -2.30. The lowest BCUT2D eigenvalue weighted by Crippen LogP contribution is -2.38. The Balaban J connectivity index is 1.62. The summed E-state index contributed by atoms with van der Waals surface area (Å²) in [7, 11) is -2.27. The number of halogens is 1. The van der Waals surface area contributed by atoms with Gasteiger partial charge in [-0.05, 0) is 48.6 Å². The van der Waals surface area contributed by atoms with Gasteiger partial charge in [0.2, 0.25) is 10.0 Å². The molecule has 0 aliphatic carbocycles. The van der Waals surface area contributed by atoms with Crippen molar-refractivity contribution < 1.29 is 17.9 Å². The Kier molecular flexibility index (Phi) is 8.87. The van der Waals surface area contributed by atoms with E-state index in [1.807, 2.05) is 24.3 Å². The first kappa shape index (κ1) is 24.9. The maximum absolute atomic E-state index is 13.0. The van der Waals surface area contributed by atoms with Gasteiger partial charge in [0.25, 0.3) is 5.91 Å². The second kappa shape index (κ2) is 11.4. The van der Waals surface area contributed by atoms with E-state index in [4.69, 9.17) is 16.3 Å². The Bertz CT molecular complexity index is 1040. The number of rotatable bonds is 9. The molecule has 1 N–H and O–H groups in total. The number of thioether (sulfide) groups is 1. The highest BCUT2D eigenvalue weighted by molar-refractivity contribution is 7.98. The van der Waals surface area contributed by atoms with Crippen LogP contribution in [0.4, 0.5) is 0 Å². The predicted molar refractivity (Wildman–Crippen MR) is 130 cm³/mol. The summed E-state index contributed by atoms with van der Waals surface area (Å²) in [6, 6.07) is 12.0. The molecular formula is C23H29ClN2O4S2. The first-order chi connectivity index (χ1) is 15.3. The maximum atomic E-state index is 13.0. The van der Waals surface area contributed by atoms with Gasteiger partial charge in [-0.2, -0.15) is 11.8 Å². The van der Waals surface area contributed by atoms with E-state index >= 15 is 0 Å². The molecule has 1 amide bonds. The summed E-state index contributed by atoms with van der Waals surface area (Å²) in [5.41, 5.74) is 1.30. The molecule has 0 unspecified atom stereocenters. The quantitative estimate of drug-likeness (QED) is 0.520. The first-order valence-corrected chi connectivity index (χ1v) is 13.6. The number of carbonyl (C=O) groups excluding carboxylic acids is 1. The minimum absolute atomic E-state index is 0.0585. The van der Waals surface area contributed by atoms with Gasteiger partial charge in [0.05, 0.1) is 17.6 Å². The van der Waals surface area contributed by atoms with Crippen molar-refractivity contribution in [3.63, 3.8) is 0 Å². The van der Waals surface area contributed by atoms with Crippen LogP contribution in [0.3, 0.4) is 0 Å². The SMILES string of the molecule is COc1ccc(S(=O)(=O)NCCSCc2ccccc2Cl)cc1C(=O)N1CCC(C)CC1. The second-order valence-electron chi connectivity index (χ2n) is 7.88. The Morgan fingerprint density at radius 2 is 1.94 bits per heavy atom. The third kappa shape index (κ3) is 6.41. The predicted octanol–water partition coefficient (Wildman–Crippen LogP) is 4.43. The molecule has 3 rings (SSSR count). The molecule has 1 aliphatic rings. The summed E-state index contributed by atoms with van der Waals surface area (Å²) in [5, 5.41) is 0.708. The molecule has 2 aromatic carbocycles. The smallest absolute Gasteiger partial charge is 0.257 e. The van der Waals surface area contributed by atoms with Crippen molar-refractivity contribution in [2.24, 2.45) is 5.92 Å². The highest BCUT2D eigenvalue weighted by Crippen LogP contribution is 2.26. The zero-order valence-electron chi connectivity index (χ0n) is 18.3. The topological polar surface area (TPSA) is 75.7 Å². The molecule has 0 spiro atoms. The molecule has 174 valence electrons. The van der Waals surface area contributed by atoms with Crippen molar-refractivity contribution in [1.82, 2.24) is 9.62 Å². The molecule has 1 aliphatic heterocycles.